The van der Waals surface area contributed by atoms with Gasteiger partial charge in [0, 0.05) is 4.47 Å². The van der Waals surface area contributed by atoms with Gasteiger partial charge in [-0.2, -0.15) is 0 Å². The standard InChI is InChI=1S/C9H9BrO2/c1-2-12-9(11)7-3-5-8(10)6-4-7/h3-6H,2H2,1H3/i3D,4D. The predicted molar refractivity (Wildman–Crippen MR) is 50.1 cm³/mol. The second-order valence-corrected chi connectivity index (χ2v) is 2.97. The van der Waals surface area contributed by atoms with Gasteiger partial charge in [0.15, 0.2) is 0 Å². The van der Waals surface area contributed by atoms with Crippen LogP contribution in [0.5, 0.6) is 0 Å². The molecule has 0 N–H and O–H groups in total. The number of halogens is 1. The van der Waals surface area contributed by atoms with E-state index < -0.39 is 5.97 Å². The third-order valence-corrected chi connectivity index (χ3v) is 1.65. The third-order valence-electron chi connectivity index (χ3n) is 1.19. The highest BCUT2D eigenvalue weighted by molar-refractivity contribution is 9.10. The van der Waals surface area contributed by atoms with Crippen molar-refractivity contribution in [2.45, 2.75) is 6.92 Å². The summed E-state index contributed by atoms with van der Waals surface area (Å²) in [5.74, 6) is -0.616. The molecule has 0 spiro atoms. The van der Waals surface area contributed by atoms with Crippen molar-refractivity contribution in [2.75, 3.05) is 6.61 Å². The number of carbonyl (C=O) groups excluding carboxylic acids is 1. The fraction of sp³-hybridized carbons (Fsp3) is 0.222. The lowest BCUT2D eigenvalue weighted by molar-refractivity contribution is 0.0526. The van der Waals surface area contributed by atoms with Gasteiger partial charge in [0.2, 0.25) is 0 Å². The molecule has 1 aromatic rings. The second kappa shape index (κ2) is 4.26. The van der Waals surface area contributed by atoms with Crippen molar-refractivity contribution < 1.29 is 12.3 Å². The molecule has 0 saturated carbocycles. The molecule has 3 heteroatoms. The smallest absolute Gasteiger partial charge is 0.338 e. The van der Waals surface area contributed by atoms with Crippen LogP contribution in [0, 0.1) is 0 Å². The van der Waals surface area contributed by atoms with Crippen LogP contribution in [0.2, 0.25) is 0 Å². The van der Waals surface area contributed by atoms with Crippen LogP contribution in [0.3, 0.4) is 0 Å². The highest BCUT2D eigenvalue weighted by Crippen LogP contribution is 2.10. The summed E-state index contributed by atoms with van der Waals surface area (Å²) < 4.78 is 20.4. The monoisotopic (exact) mass is 230 g/mol. The number of ether oxygens (including phenoxy) is 1. The summed E-state index contributed by atoms with van der Waals surface area (Å²) >= 11 is 3.14. The summed E-state index contributed by atoms with van der Waals surface area (Å²) in [6, 6.07) is 2.93. The molecule has 0 amide bonds. The van der Waals surface area contributed by atoms with E-state index in [4.69, 9.17) is 7.48 Å². The van der Waals surface area contributed by atoms with E-state index in [2.05, 4.69) is 15.9 Å². The Morgan fingerprint density at radius 3 is 2.75 bits per heavy atom. The first-order chi connectivity index (χ1) is 6.56. The molecule has 0 aliphatic heterocycles. The fourth-order valence-electron chi connectivity index (χ4n) is 0.687. The Hall–Kier alpha value is -0.830. The van der Waals surface area contributed by atoms with Gasteiger partial charge >= 0.3 is 5.97 Å². The highest BCUT2D eigenvalue weighted by atomic mass is 79.9. The molecule has 0 fully saturated rings. The van der Waals surface area contributed by atoms with E-state index in [1.165, 1.54) is 12.1 Å². The summed E-state index contributed by atoms with van der Waals surface area (Å²) in [6.45, 7) is 1.93. The Kier molecular flexibility index (Phi) is 2.36. The minimum absolute atomic E-state index is 0.00262. The maximum absolute atomic E-state index is 11.3. The van der Waals surface area contributed by atoms with E-state index in [-0.39, 0.29) is 24.3 Å². The summed E-state index contributed by atoms with van der Waals surface area (Å²) in [4.78, 5) is 11.3. The number of carbonyl (C=O) groups is 1. The van der Waals surface area contributed by atoms with Crippen LogP contribution in [0.4, 0.5) is 0 Å². The van der Waals surface area contributed by atoms with Crippen LogP contribution in [0.15, 0.2) is 28.7 Å². The van der Waals surface area contributed by atoms with E-state index >= 15 is 0 Å². The second-order valence-electron chi connectivity index (χ2n) is 2.06. The fourth-order valence-corrected chi connectivity index (χ4v) is 0.916. The molecule has 0 aromatic heterocycles. The Morgan fingerprint density at radius 1 is 1.67 bits per heavy atom. The number of benzene rings is 1. The maximum atomic E-state index is 11.3. The quantitative estimate of drug-likeness (QED) is 0.731. The average Bonchev–Trinajstić information content (AvgIpc) is 2.01. The first kappa shape index (κ1) is 6.66. The van der Waals surface area contributed by atoms with Crippen LogP contribution < -0.4 is 0 Å². The Bertz CT molecular complexity index is 343. The van der Waals surface area contributed by atoms with Crippen molar-refractivity contribution in [3.05, 3.63) is 34.3 Å². The zero-order valence-electron chi connectivity index (χ0n) is 8.56. The molecule has 0 aliphatic carbocycles. The van der Waals surface area contributed by atoms with E-state index in [1.807, 2.05) is 0 Å². The Labute approximate surface area is 82.5 Å². The first-order valence-electron chi connectivity index (χ1n) is 4.50. The molecule has 0 unspecified atom stereocenters. The van der Waals surface area contributed by atoms with Crippen molar-refractivity contribution in [3.8, 4) is 0 Å². The molecule has 0 saturated heterocycles. The first-order valence-corrected chi connectivity index (χ1v) is 4.29. The van der Waals surface area contributed by atoms with Crippen molar-refractivity contribution in [2.24, 2.45) is 0 Å². The molecular formula is C9H9BrO2. The van der Waals surface area contributed by atoms with Gasteiger partial charge in [-0.1, -0.05) is 15.9 Å². The van der Waals surface area contributed by atoms with Gasteiger partial charge in [0.05, 0.1) is 14.9 Å². The lowest BCUT2D eigenvalue weighted by Gasteiger charge is -2.00. The SMILES string of the molecule is [2H]c1cc(Br)cc([2H])c1C(=O)OCC. The number of esters is 1. The molecule has 0 bridgehead atoms. The normalized spacial score (nSPS) is 11.8. The summed E-state index contributed by atoms with van der Waals surface area (Å²) in [5.41, 5.74) is 0.00931. The summed E-state index contributed by atoms with van der Waals surface area (Å²) in [5, 5.41) is 0. The van der Waals surface area contributed by atoms with Crippen LogP contribution in [0.25, 0.3) is 0 Å². The Balaban J connectivity index is 3.14. The zero-order valence-corrected chi connectivity index (χ0v) is 8.14. The van der Waals surface area contributed by atoms with Crippen molar-refractivity contribution in [3.63, 3.8) is 0 Å². The molecule has 0 atom stereocenters. The Morgan fingerprint density at radius 2 is 2.25 bits per heavy atom. The van der Waals surface area contributed by atoms with Gasteiger partial charge in [-0.15, -0.1) is 0 Å². The van der Waals surface area contributed by atoms with E-state index in [1.54, 1.807) is 6.92 Å². The lowest BCUT2D eigenvalue weighted by atomic mass is 10.2. The molecular weight excluding hydrogens is 220 g/mol. The molecule has 2 nitrogen and oxygen atoms in total. The van der Waals surface area contributed by atoms with Crippen molar-refractivity contribution in [1.29, 1.82) is 0 Å². The van der Waals surface area contributed by atoms with Gasteiger partial charge < -0.3 is 4.74 Å². The molecule has 1 rings (SSSR count). The summed E-state index contributed by atoms with van der Waals surface area (Å²) in [6.07, 6.45) is 0. The van der Waals surface area contributed by atoms with Gasteiger partial charge in [-0.25, -0.2) is 4.79 Å². The molecule has 1 aromatic carbocycles. The maximum Gasteiger partial charge on any atom is 0.338 e. The van der Waals surface area contributed by atoms with Gasteiger partial charge in [-0.3, -0.25) is 0 Å². The molecule has 12 heavy (non-hydrogen) atoms. The lowest BCUT2D eigenvalue weighted by Crippen LogP contribution is -2.03. The third kappa shape index (κ3) is 2.34. The van der Waals surface area contributed by atoms with Crippen LogP contribution in [0.1, 0.15) is 20.0 Å². The molecule has 64 valence electrons. The topological polar surface area (TPSA) is 26.3 Å². The van der Waals surface area contributed by atoms with Crippen LogP contribution in [-0.2, 0) is 4.74 Å². The van der Waals surface area contributed by atoms with E-state index in [0.717, 1.165) is 0 Å². The van der Waals surface area contributed by atoms with Gasteiger partial charge in [-0.05, 0) is 31.1 Å². The van der Waals surface area contributed by atoms with E-state index in [9.17, 15) is 4.79 Å². The minimum atomic E-state index is -0.616. The van der Waals surface area contributed by atoms with E-state index in [0.29, 0.717) is 4.47 Å². The number of hydrogen-bond acceptors (Lipinski definition) is 2. The van der Waals surface area contributed by atoms with Crippen molar-refractivity contribution >= 4 is 21.9 Å². The number of rotatable bonds is 2. The molecule has 0 heterocycles. The van der Waals surface area contributed by atoms with Gasteiger partial charge in [0.25, 0.3) is 0 Å². The van der Waals surface area contributed by atoms with Crippen LogP contribution in [-0.4, -0.2) is 12.6 Å². The minimum Gasteiger partial charge on any atom is -0.462 e. The molecule has 0 aliphatic rings. The summed E-state index contributed by atoms with van der Waals surface area (Å²) in [7, 11) is 0. The largest absolute Gasteiger partial charge is 0.462 e. The molecule has 0 radical (unpaired) electrons. The predicted octanol–water partition coefficient (Wildman–Crippen LogP) is 2.63. The van der Waals surface area contributed by atoms with Gasteiger partial charge in [0.1, 0.15) is 0 Å². The zero-order chi connectivity index (χ0) is 10.7. The average molecular weight is 231 g/mol. The van der Waals surface area contributed by atoms with Crippen LogP contribution >= 0.6 is 15.9 Å². The number of hydrogen-bond donors (Lipinski definition) is 0. The highest BCUT2D eigenvalue weighted by Gasteiger charge is 2.03. The van der Waals surface area contributed by atoms with Crippen molar-refractivity contribution in [1.82, 2.24) is 0 Å².